The SMILES string of the molecule is COc1ccc(C(=O)[C@@H]2[C@@H](c3ccc(N(C)C)cc3)[C@H]([N+](=O)[O-])C3c4ccccc4C=NN32)cc1. The number of nitro groups is 1. The van der Waals surface area contributed by atoms with Crippen molar-refractivity contribution in [1.29, 1.82) is 0 Å². The van der Waals surface area contributed by atoms with E-state index in [-0.39, 0.29) is 10.7 Å². The first kappa shape index (κ1) is 22.6. The Hall–Kier alpha value is -4.20. The van der Waals surface area contributed by atoms with E-state index in [0.29, 0.717) is 11.3 Å². The van der Waals surface area contributed by atoms with Crippen LogP contribution in [-0.4, -0.2) is 55.2 Å². The number of ether oxygens (including phenoxy) is 1. The molecule has 1 unspecified atom stereocenters. The van der Waals surface area contributed by atoms with Gasteiger partial charge in [0.2, 0.25) is 6.04 Å². The van der Waals surface area contributed by atoms with E-state index in [1.165, 1.54) is 0 Å². The van der Waals surface area contributed by atoms with Crippen LogP contribution in [-0.2, 0) is 0 Å². The fourth-order valence-corrected chi connectivity index (χ4v) is 5.20. The number of nitrogens with zero attached hydrogens (tertiary/aromatic N) is 4. The molecule has 2 aliphatic heterocycles. The highest BCUT2D eigenvalue weighted by Gasteiger charge is 2.60. The molecule has 8 nitrogen and oxygen atoms in total. The maximum Gasteiger partial charge on any atom is 0.248 e. The Balaban J connectivity index is 1.66. The first-order chi connectivity index (χ1) is 16.9. The molecule has 35 heavy (non-hydrogen) atoms. The van der Waals surface area contributed by atoms with Crippen molar-refractivity contribution < 1.29 is 14.5 Å². The standard InChI is InChI=1S/C27H26N4O4/c1-29(2)20-12-8-17(9-13-20)23-25(31(33)34)24-22-7-5-4-6-19(22)16-28-30(24)26(23)27(32)18-10-14-21(35-3)15-11-18/h4-16,23-26H,1-3H3/t23-,24?,25-,26-/m0/s1. The molecule has 5 rings (SSSR count). The van der Waals surface area contributed by atoms with Gasteiger partial charge in [0.1, 0.15) is 17.8 Å². The summed E-state index contributed by atoms with van der Waals surface area (Å²) in [7, 11) is 5.44. The van der Waals surface area contributed by atoms with Crippen LogP contribution in [0.25, 0.3) is 0 Å². The van der Waals surface area contributed by atoms with E-state index in [1.807, 2.05) is 67.5 Å². The molecule has 3 aromatic carbocycles. The smallest absolute Gasteiger partial charge is 0.248 e. The van der Waals surface area contributed by atoms with Gasteiger partial charge in [0.05, 0.1) is 19.2 Å². The van der Waals surface area contributed by atoms with E-state index in [2.05, 4.69) is 5.10 Å². The van der Waals surface area contributed by atoms with E-state index in [0.717, 1.165) is 22.4 Å². The highest BCUT2D eigenvalue weighted by Crippen LogP contribution is 2.49. The second-order valence-corrected chi connectivity index (χ2v) is 9.02. The van der Waals surface area contributed by atoms with Crippen LogP contribution < -0.4 is 9.64 Å². The summed E-state index contributed by atoms with van der Waals surface area (Å²) in [5.74, 6) is -0.265. The lowest BCUT2D eigenvalue weighted by molar-refractivity contribution is -0.529. The molecule has 4 atom stereocenters. The van der Waals surface area contributed by atoms with Crippen LogP contribution in [0.4, 0.5) is 5.69 Å². The normalized spacial score (nSPS) is 22.3. The lowest BCUT2D eigenvalue weighted by Crippen LogP contribution is -2.38. The minimum Gasteiger partial charge on any atom is -0.497 e. The second-order valence-electron chi connectivity index (χ2n) is 9.02. The van der Waals surface area contributed by atoms with Gasteiger partial charge in [-0.2, -0.15) is 5.10 Å². The average molecular weight is 471 g/mol. The minimum atomic E-state index is -1.05. The lowest BCUT2D eigenvalue weighted by atomic mass is 9.82. The maximum absolute atomic E-state index is 14.0. The molecule has 2 heterocycles. The van der Waals surface area contributed by atoms with Crippen molar-refractivity contribution in [3.63, 3.8) is 0 Å². The predicted octanol–water partition coefficient (Wildman–Crippen LogP) is 4.15. The van der Waals surface area contributed by atoms with Crippen LogP contribution in [0, 0.1) is 10.1 Å². The zero-order valence-electron chi connectivity index (χ0n) is 19.7. The molecule has 0 saturated carbocycles. The van der Waals surface area contributed by atoms with Gasteiger partial charge in [-0.25, -0.2) is 0 Å². The number of carbonyl (C=O) groups excluding carboxylic acids is 1. The topological polar surface area (TPSA) is 88.3 Å². The number of hydrazone groups is 1. The van der Waals surface area contributed by atoms with Gasteiger partial charge in [-0.3, -0.25) is 19.9 Å². The van der Waals surface area contributed by atoms with Crippen LogP contribution in [0.1, 0.15) is 39.0 Å². The fraction of sp³-hybridized carbons (Fsp3) is 0.259. The molecule has 2 aliphatic rings. The minimum absolute atomic E-state index is 0.208. The van der Waals surface area contributed by atoms with Gasteiger partial charge < -0.3 is 9.64 Å². The maximum atomic E-state index is 14.0. The monoisotopic (exact) mass is 470 g/mol. The highest BCUT2D eigenvalue weighted by molar-refractivity contribution is 6.01. The fourth-order valence-electron chi connectivity index (χ4n) is 5.20. The Morgan fingerprint density at radius 1 is 1.03 bits per heavy atom. The summed E-state index contributed by atoms with van der Waals surface area (Å²) in [5, 5.41) is 18.8. The number of hydrogen-bond acceptors (Lipinski definition) is 7. The Morgan fingerprint density at radius 3 is 2.34 bits per heavy atom. The molecule has 0 aromatic heterocycles. The number of carbonyl (C=O) groups is 1. The van der Waals surface area contributed by atoms with Crippen molar-refractivity contribution >= 4 is 17.7 Å². The van der Waals surface area contributed by atoms with Gasteiger partial charge in [0.15, 0.2) is 5.78 Å². The van der Waals surface area contributed by atoms with Gasteiger partial charge in [-0.05, 0) is 47.5 Å². The number of rotatable bonds is 6. The van der Waals surface area contributed by atoms with Crippen LogP contribution in [0.2, 0.25) is 0 Å². The Kier molecular flexibility index (Phi) is 5.72. The van der Waals surface area contributed by atoms with E-state index in [4.69, 9.17) is 4.74 Å². The first-order valence-corrected chi connectivity index (χ1v) is 11.4. The Bertz CT molecular complexity index is 1290. The summed E-state index contributed by atoms with van der Waals surface area (Å²) in [6.45, 7) is 0. The van der Waals surface area contributed by atoms with Crippen LogP contribution in [0.3, 0.4) is 0 Å². The van der Waals surface area contributed by atoms with Crippen molar-refractivity contribution in [3.8, 4) is 5.75 Å². The molecule has 178 valence electrons. The van der Waals surface area contributed by atoms with E-state index in [9.17, 15) is 14.9 Å². The summed E-state index contributed by atoms with van der Waals surface area (Å²) >= 11 is 0. The Morgan fingerprint density at radius 2 is 1.71 bits per heavy atom. The number of benzene rings is 3. The largest absolute Gasteiger partial charge is 0.497 e. The van der Waals surface area contributed by atoms with Crippen molar-refractivity contribution in [2.24, 2.45) is 5.10 Å². The van der Waals surface area contributed by atoms with E-state index in [1.54, 1.807) is 42.6 Å². The third kappa shape index (κ3) is 3.80. The van der Waals surface area contributed by atoms with E-state index < -0.39 is 24.0 Å². The molecule has 0 bridgehead atoms. The number of anilines is 1. The van der Waals surface area contributed by atoms with E-state index >= 15 is 0 Å². The summed E-state index contributed by atoms with van der Waals surface area (Å²) in [5.41, 5.74) is 3.82. The van der Waals surface area contributed by atoms with Crippen molar-refractivity contribution in [2.75, 3.05) is 26.1 Å². The van der Waals surface area contributed by atoms with Crippen molar-refractivity contribution in [1.82, 2.24) is 5.01 Å². The highest BCUT2D eigenvalue weighted by atomic mass is 16.6. The summed E-state index contributed by atoms with van der Waals surface area (Å²) < 4.78 is 5.23. The summed E-state index contributed by atoms with van der Waals surface area (Å²) in [4.78, 5) is 28.3. The number of hydrogen-bond donors (Lipinski definition) is 0. The molecular weight excluding hydrogens is 444 g/mol. The molecule has 8 heteroatoms. The molecule has 0 amide bonds. The zero-order chi connectivity index (χ0) is 24.7. The number of Topliss-reactive ketones (excluding diaryl/α,β-unsaturated/α-hetero) is 1. The lowest BCUT2D eigenvalue weighted by Gasteiger charge is -2.30. The van der Waals surface area contributed by atoms with Gasteiger partial charge in [0, 0.05) is 35.8 Å². The molecule has 0 spiro atoms. The molecule has 0 aliphatic carbocycles. The summed E-state index contributed by atoms with van der Waals surface area (Å²) in [6.07, 6.45) is 1.69. The molecule has 0 radical (unpaired) electrons. The molecule has 3 aromatic rings. The Labute approximate surface area is 203 Å². The van der Waals surface area contributed by atoms with Crippen molar-refractivity contribution in [3.05, 3.63) is 105 Å². The molecule has 1 saturated heterocycles. The third-order valence-electron chi connectivity index (χ3n) is 6.93. The second kappa shape index (κ2) is 8.87. The van der Waals surface area contributed by atoms with Gasteiger partial charge in [-0.1, -0.05) is 36.4 Å². The van der Waals surface area contributed by atoms with Gasteiger partial charge >= 0.3 is 0 Å². The number of ketones is 1. The van der Waals surface area contributed by atoms with Crippen LogP contribution in [0.5, 0.6) is 5.75 Å². The number of methoxy groups -OCH3 is 1. The van der Waals surface area contributed by atoms with Crippen LogP contribution >= 0.6 is 0 Å². The average Bonchev–Trinajstić information content (AvgIpc) is 3.24. The zero-order valence-corrected chi connectivity index (χ0v) is 19.7. The quantitative estimate of drug-likeness (QED) is 0.306. The predicted molar refractivity (Wildman–Crippen MR) is 134 cm³/mol. The number of fused-ring (bicyclic) bond motifs is 3. The van der Waals surface area contributed by atoms with Crippen molar-refractivity contribution in [2.45, 2.75) is 24.0 Å². The molecule has 0 N–H and O–H groups in total. The molecule has 1 fully saturated rings. The summed E-state index contributed by atoms with van der Waals surface area (Å²) in [6, 6.07) is 19.5. The third-order valence-corrected chi connectivity index (χ3v) is 6.93. The van der Waals surface area contributed by atoms with Crippen LogP contribution in [0.15, 0.2) is 77.9 Å². The molecular formula is C27H26N4O4. The first-order valence-electron chi connectivity index (χ1n) is 11.4. The van der Waals surface area contributed by atoms with Gasteiger partial charge in [0.25, 0.3) is 0 Å². The van der Waals surface area contributed by atoms with Gasteiger partial charge in [-0.15, -0.1) is 0 Å².